The zero-order chi connectivity index (χ0) is 16.9. The van der Waals surface area contributed by atoms with Gasteiger partial charge in [0.05, 0.1) is 18.4 Å². The fraction of sp³-hybridized carbons (Fsp3) is 0.529. The molecule has 2 aromatic rings. The summed E-state index contributed by atoms with van der Waals surface area (Å²) in [4.78, 5) is 18.7. The molecule has 4 rings (SSSR count). The second kappa shape index (κ2) is 5.58. The highest BCUT2D eigenvalue weighted by atomic mass is 32.1. The highest BCUT2D eigenvalue weighted by Gasteiger charge is 2.47. The summed E-state index contributed by atoms with van der Waals surface area (Å²) in [6, 6.07) is 4.07. The Morgan fingerprint density at radius 1 is 1.50 bits per heavy atom. The molecule has 1 unspecified atom stereocenters. The number of nitrogens with zero attached hydrogens (tertiary/aromatic N) is 2. The Bertz CT molecular complexity index is 804. The lowest BCUT2D eigenvalue weighted by Crippen LogP contribution is -2.46. The number of hydrogen-bond donors (Lipinski definition) is 1. The molecule has 1 N–H and O–H groups in total. The number of aromatic nitrogens is 1. The molecule has 5 nitrogen and oxygen atoms in total. The van der Waals surface area contributed by atoms with Gasteiger partial charge in [-0.2, -0.15) is 0 Å². The quantitative estimate of drug-likeness (QED) is 0.922. The first kappa shape index (κ1) is 15.6. The van der Waals surface area contributed by atoms with E-state index in [2.05, 4.69) is 10.3 Å². The number of anilines is 1. The van der Waals surface area contributed by atoms with E-state index in [4.69, 9.17) is 4.74 Å². The highest BCUT2D eigenvalue weighted by Crippen LogP contribution is 2.39. The van der Waals surface area contributed by atoms with E-state index in [9.17, 15) is 4.79 Å². The summed E-state index contributed by atoms with van der Waals surface area (Å²) < 4.78 is 21.4. The third-order valence-corrected chi connectivity index (χ3v) is 5.97. The van der Waals surface area contributed by atoms with E-state index in [0.29, 0.717) is 6.54 Å². The summed E-state index contributed by atoms with van der Waals surface area (Å²) in [6.45, 7) is 2.58. The van der Waals surface area contributed by atoms with E-state index < -0.39 is 11.6 Å². The molecule has 0 radical (unpaired) electrons. The van der Waals surface area contributed by atoms with Crippen molar-refractivity contribution in [2.24, 2.45) is 0 Å². The highest BCUT2D eigenvalue weighted by molar-refractivity contribution is 7.22. The number of methoxy groups -OCH3 is 1. The van der Waals surface area contributed by atoms with Crippen LogP contribution in [0.5, 0.6) is 5.75 Å². The SMILES string of the molecule is COc1ccc(C)c2sc(N3CCC(F)(C(=O)NC4CC4)C3)nc12. The van der Waals surface area contributed by atoms with Gasteiger partial charge in [0, 0.05) is 19.0 Å². The molecule has 1 aliphatic heterocycles. The van der Waals surface area contributed by atoms with E-state index in [0.717, 1.165) is 39.5 Å². The molecule has 1 aliphatic carbocycles. The summed E-state index contributed by atoms with van der Waals surface area (Å²) in [7, 11) is 1.62. The minimum absolute atomic E-state index is 0.0622. The average molecular weight is 349 g/mol. The number of hydrogen-bond acceptors (Lipinski definition) is 5. The van der Waals surface area contributed by atoms with Crippen molar-refractivity contribution in [3.05, 3.63) is 17.7 Å². The number of aryl methyl sites for hydroxylation is 1. The minimum atomic E-state index is -1.82. The molecule has 2 aliphatic rings. The van der Waals surface area contributed by atoms with Crippen molar-refractivity contribution < 1.29 is 13.9 Å². The van der Waals surface area contributed by atoms with Crippen molar-refractivity contribution in [2.45, 2.75) is 37.9 Å². The second-order valence-electron chi connectivity index (χ2n) is 6.64. The first-order valence-electron chi connectivity index (χ1n) is 8.19. The van der Waals surface area contributed by atoms with Crippen LogP contribution < -0.4 is 15.0 Å². The van der Waals surface area contributed by atoms with Gasteiger partial charge in [0.25, 0.3) is 5.91 Å². The molecule has 1 amide bonds. The zero-order valence-electron chi connectivity index (χ0n) is 13.8. The predicted octanol–water partition coefficient (Wildman–Crippen LogP) is 2.81. The van der Waals surface area contributed by atoms with Crippen LogP contribution in [0.2, 0.25) is 0 Å². The molecule has 1 saturated carbocycles. The van der Waals surface area contributed by atoms with E-state index in [1.54, 1.807) is 7.11 Å². The Kier molecular flexibility index (Phi) is 3.63. The molecule has 2 fully saturated rings. The number of benzene rings is 1. The Labute approximate surface area is 143 Å². The van der Waals surface area contributed by atoms with Crippen LogP contribution in [0.3, 0.4) is 0 Å². The van der Waals surface area contributed by atoms with Gasteiger partial charge in [-0.1, -0.05) is 17.4 Å². The van der Waals surface area contributed by atoms with Crippen LogP contribution in [0.15, 0.2) is 12.1 Å². The van der Waals surface area contributed by atoms with Crippen molar-refractivity contribution in [3.63, 3.8) is 0 Å². The van der Waals surface area contributed by atoms with Crippen LogP contribution in [-0.2, 0) is 4.79 Å². The minimum Gasteiger partial charge on any atom is -0.494 e. The first-order valence-corrected chi connectivity index (χ1v) is 9.01. The molecule has 128 valence electrons. The van der Waals surface area contributed by atoms with Crippen molar-refractivity contribution in [1.82, 2.24) is 10.3 Å². The van der Waals surface area contributed by atoms with Crippen LogP contribution in [0.25, 0.3) is 10.2 Å². The lowest BCUT2D eigenvalue weighted by molar-refractivity contribution is -0.131. The molecule has 2 heterocycles. The van der Waals surface area contributed by atoms with Gasteiger partial charge in [-0.15, -0.1) is 0 Å². The van der Waals surface area contributed by atoms with Gasteiger partial charge < -0.3 is 15.0 Å². The number of nitrogens with one attached hydrogen (secondary N) is 1. The Morgan fingerprint density at radius 2 is 2.29 bits per heavy atom. The topological polar surface area (TPSA) is 54.5 Å². The van der Waals surface area contributed by atoms with Crippen LogP contribution in [0.1, 0.15) is 24.8 Å². The van der Waals surface area contributed by atoms with Crippen LogP contribution in [0, 0.1) is 6.92 Å². The number of alkyl halides is 1. The Hall–Kier alpha value is -1.89. The average Bonchev–Trinajstić information content (AvgIpc) is 3.10. The van der Waals surface area contributed by atoms with E-state index in [-0.39, 0.29) is 19.0 Å². The standard InChI is InChI=1S/C17H20FN3O2S/c1-10-3-6-12(23-2)13-14(10)24-16(20-13)21-8-7-17(18,9-21)15(22)19-11-4-5-11/h3,6,11H,4-5,7-9H2,1-2H3,(H,19,22). The summed E-state index contributed by atoms with van der Waals surface area (Å²) >= 11 is 1.53. The lowest BCUT2D eigenvalue weighted by atomic mass is 10.1. The maximum absolute atomic E-state index is 15.0. The Morgan fingerprint density at radius 3 is 3.00 bits per heavy atom. The van der Waals surface area contributed by atoms with Crippen molar-refractivity contribution in [2.75, 3.05) is 25.1 Å². The molecule has 0 spiro atoms. The number of carbonyl (C=O) groups is 1. The Balaban J connectivity index is 1.59. The van der Waals surface area contributed by atoms with E-state index in [1.165, 1.54) is 11.3 Å². The van der Waals surface area contributed by atoms with Gasteiger partial charge in [0.15, 0.2) is 5.13 Å². The number of amides is 1. The number of ether oxygens (including phenoxy) is 1. The largest absolute Gasteiger partial charge is 0.494 e. The maximum Gasteiger partial charge on any atom is 0.259 e. The van der Waals surface area contributed by atoms with Crippen molar-refractivity contribution >= 4 is 32.6 Å². The molecule has 1 aromatic carbocycles. The molecule has 7 heteroatoms. The molecular formula is C17H20FN3O2S. The number of carbonyl (C=O) groups excluding carboxylic acids is 1. The van der Waals surface area contributed by atoms with Crippen molar-refractivity contribution in [1.29, 1.82) is 0 Å². The van der Waals surface area contributed by atoms with Crippen LogP contribution in [0.4, 0.5) is 9.52 Å². The van der Waals surface area contributed by atoms with Crippen molar-refractivity contribution in [3.8, 4) is 5.75 Å². The maximum atomic E-state index is 15.0. The fourth-order valence-electron chi connectivity index (χ4n) is 3.06. The summed E-state index contributed by atoms with van der Waals surface area (Å²) in [5.41, 5.74) is 0.0996. The number of rotatable bonds is 4. The fourth-order valence-corrected chi connectivity index (χ4v) is 4.14. The first-order chi connectivity index (χ1) is 11.5. The van der Waals surface area contributed by atoms with E-state index >= 15 is 4.39 Å². The third-order valence-electron chi connectivity index (χ3n) is 4.72. The molecule has 1 aromatic heterocycles. The van der Waals surface area contributed by atoms with Gasteiger partial charge >= 0.3 is 0 Å². The summed E-state index contributed by atoms with van der Waals surface area (Å²) in [5.74, 6) is 0.248. The van der Waals surface area contributed by atoms with E-state index in [1.807, 2.05) is 24.0 Å². The van der Waals surface area contributed by atoms with Gasteiger partial charge in [0.1, 0.15) is 11.3 Å². The van der Waals surface area contributed by atoms with Crippen LogP contribution >= 0.6 is 11.3 Å². The van der Waals surface area contributed by atoms with Gasteiger partial charge in [-0.3, -0.25) is 4.79 Å². The molecular weight excluding hydrogens is 329 g/mol. The van der Waals surface area contributed by atoms with Gasteiger partial charge in [-0.05, 0) is 31.4 Å². The normalized spacial score (nSPS) is 23.7. The molecule has 1 atom stereocenters. The smallest absolute Gasteiger partial charge is 0.259 e. The monoisotopic (exact) mass is 349 g/mol. The molecule has 1 saturated heterocycles. The number of fused-ring (bicyclic) bond motifs is 1. The van der Waals surface area contributed by atoms with Gasteiger partial charge in [0.2, 0.25) is 5.67 Å². The second-order valence-corrected chi connectivity index (χ2v) is 7.62. The van der Waals surface area contributed by atoms with Gasteiger partial charge in [-0.25, -0.2) is 9.37 Å². The zero-order valence-corrected chi connectivity index (χ0v) is 14.6. The van der Waals surface area contributed by atoms with Crippen LogP contribution in [-0.4, -0.2) is 42.8 Å². The predicted molar refractivity (Wildman–Crippen MR) is 92.7 cm³/mol. The number of thiazole rings is 1. The molecule has 24 heavy (non-hydrogen) atoms. The summed E-state index contributed by atoms with van der Waals surface area (Å²) in [6.07, 6.45) is 2.13. The summed E-state index contributed by atoms with van der Waals surface area (Å²) in [5, 5.41) is 3.53. The number of halogens is 1. The lowest BCUT2D eigenvalue weighted by Gasteiger charge is -2.19. The molecule has 0 bridgehead atoms. The third kappa shape index (κ3) is 2.60.